The van der Waals surface area contributed by atoms with Gasteiger partial charge in [-0.1, -0.05) is 6.92 Å². The fraction of sp³-hybridized carbons (Fsp3) is 0.778. The Labute approximate surface area is 77.5 Å². The van der Waals surface area contributed by atoms with Gasteiger partial charge < -0.3 is 10.0 Å². The van der Waals surface area contributed by atoms with E-state index in [1.54, 1.807) is 11.9 Å². The van der Waals surface area contributed by atoms with Crippen molar-refractivity contribution in [2.75, 3.05) is 13.6 Å². The molecule has 1 fully saturated rings. The Kier molecular flexibility index (Phi) is 2.90. The van der Waals surface area contributed by atoms with Crippen LogP contribution in [0.3, 0.4) is 0 Å². The van der Waals surface area contributed by atoms with Crippen LogP contribution in [0, 0.1) is 11.8 Å². The van der Waals surface area contributed by atoms with E-state index in [0.29, 0.717) is 19.4 Å². The van der Waals surface area contributed by atoms with E-state index in [0.717, 1.165) is 0 Å². The molecule has 4 heteroatoms. The minimum absolute atomic E-state index is 0.000000000000000444. The largest absolute Gasteiger partial charge is 0.481 e. The third kappa shape index (κ3) is 1.99. The highest BCUT2D eigenvalue weighted by atomic mass is 16.4. The molecule has 1 aliphatic heterocycles. The second kappa shape index (κ2) is 3.77. The molecule has 1 amide bonds. The maximum atomic E-state index is 11.2. The van der Waals surface area contributed by atoms with Crippen molar-refractivity contribution >= 4 is 11.9 Å². The van der Waals surface area contributed by atoms with E-state index in [2.05, 4.69) is 0 Å². The number of amides is 1. The molecule has 0 saturated carbocycles. The number of nitrogens with zero attached hydrogens (tertiary/aromatic N) is 1. The van der Waals surface area contributed by atoms with Gasteiger partial charge in [0, 0.05) is 20.0 Å². The van der Waals surface area contributed by atoms with Gasteiger partial charge in [0.1, 0.15) is 0 Å². The smallest absolute Gasteiger partial charge is 0.306 e. The monoisotopic (exact) mass is 185 g/mol. The molecule has 1 heterocycles. The number of aliphatic carboxylic acids is 1. The molecular formula is C9H15NO3. The summed E-state index contributed by atoms with van der Waals surface area (Å²) < 4.78 is 0. The standard InChI is InChI=1S/C9H15NO3/c1-3-7(9(12)13)6-4-8(11)10(2)5-6/h6-7H,3-5H2,1-2H3,(H,12,13). The molecule has 74 valence electrons. The van der Waals surface area contributed by atoms with Gasteiger partial charge in [0.05, 0.1) is 5.92 Å². The third-order valence-corrected chi connectivity index (χ3v) is 2.70. The summed E-state index contributed by atoms with van der Waals surface area (Å²) in [5, 5.41) is 8.88. The molecule has 0 aromatic heterocycles. The fourth-order valence-corrected chi connectivity index (χ4v) is 1.88. The molecule has 1 N–H and O–H groups in total. The average molecular weight is 185 g/mol. The normalized spacial score (nSPS) is 24.9. The van der Waals surface area contributed by atoms with Gasteiger partial charge in [-0.2, -0.15) is 0 Å². The zero-order valence-corrected chi connectivity index (χ0v) is 7.99. The van der Waals surface area contributed by atoms with E-state index in [4.69, 9.17) is 5.11 Å². The average Bonchev–Trinajstić information content (AvgIpc) is 2.32. The van der Waals surface area contributed by atoms with Crippen LogP contribution < -0.4 is 0 Å². The number of rotatable bonds is 3. The molecule has 0 aromatic carbocycles. The molecular weight excluding hydrogens is 170 g/mol. The lowest BCUT2D eigenvalue weighted by Crippen LogP contribution is -2.25. The van der Waals surface area contributed by atoms with Gasteiger partial charge in [0.15, 0.2) is 0 Å². The molecule has 2 atom stereocenters. The summed E-state index contributed by atoms with van der Waals surface area (Å²) >= 11 is 0. The predicted octanol–water partition coefficient (Wildman–Crippen LogP) is 0.575. The number of carboxylic acids is 1. The molecule has 0 radical (unpaired) electrons. The Bertz CT molecular complexity index is 227. The van der Waals surface area contributed by atoms with Gasteiger partial charge >= 0.3 is 5.97 Å². The zero-order valence-electron chi connectivity index (χ0n) is 7.99. The lowest BCUT2D eigenvalue weighted by atomic mass is 9.89. The highest BCUT2D eigenvalue weighted by Gasteiger charge is 2.35. The van der Waals surface area contributed by atoms with Gasteiger partial charge in [-0.3, -0.25) is 9.59 Å². The number of likely N-dealkylation sites (tertiary alicyclic amines) is 1. The molecule has 0 spiro atoms. The minimum Gasteiger partial charge on any atom is -0.481 e. The summed E-state index contributed by atoms with van der Waals surface area (Å²) in [7, 11) is 1.72. The second-order valence-corrected chi connectivity index (χ2v) is 3.59. The van der Waals surface area contributed by atoms with Crippen molar-refractivity contribution in [1.82, 2.24) is 4.90 Å². The summed E-state index contributed by atoms with van der Waals surface area (Å²) in [4.78, 5) is 23.6. The van der Waals surface area contributed by atoms with Crippen LogP contribution in [0.2, 0.25) is 0 Å². The topological polar surface area (TPSA) is 57.6 Å². The first kappa shape index (κ1) is 10.0. The summed E-state index contributed by atoms with van der Waals surface area (Å²) in [6, 6.07) is 0. The van der Waals surface area contributed by atoms with Crippen molar-refractivity contribution in [1.29, 1.82) is 0 Å². The van der Waals surface area contributed by atoms with Crippen LogP contribution in [0.4, 0.5) is 0 Å². The summed E-state index contributed by atoms with van der Waals surface area (Å²) in [5.41, 5.74) is 0. The first-order valence-corrected chi connectivity index (χ1v) is 4.53. The van der Waals surface area contributed by atoms with Crippen LogP contribution in [0.25, 0.3) is 0 Å². The summed E-state index contributed by atoms with van der Waals surface area (Å²) in [6.45, 7) is 2.44. The van der Waals surface area contributed by atoms with Gasteiger partial charge in [-0.05, 0) is 12.3 Å². The van der Waals surface area contributed by atoms with Gasteiger partial charge in [-0.25, -0.2) is 0 Å². The van der Waals surface area contributed by atoms with E-state index in [9.17, 15) is 9.59 Å². The maximum Gasteiger partial charge on any atom is 0.306 e. The number of carbonyl (C=O) groups is 2. The van der Waals surface area contributed by atoms with Crippen molar-refractivity contribution in [3.63, 3.8) is 0 Å². The molecule has 13 heavy (non-hydrogen) atoms. The molecule has 0 bridgehead atoms. The molecule has 1 saturated heterocycles. The van der Waals surface area contributed by atoms with Crippen molar-refractivity contribution in [2.45, 2.75) is 19.8 Å². The Balaban J connectivity index is 2.62. The van der Waals surface area contributed by atoms with Gasteiger partial charge in [0.2, 0.25) is 5.91 Å². The molecule has 2 unspecified atom stereocenters. The number of hydrogen-bond acceptors (Lipinski definition) is 2. The van der Waals surface area contributed by atoms with E-state index in [1.807, 2.05) is 6.92 Å². The van der Waals surface area contributed by atoms with Crippen LogP contribution in [-0.2, 0) is 9.59 Å². The maximum absolute atomic E-state index is 11.2. The number of hydrogen-bond donors (Lipinski definition) is 1. The van der Waals surface area contributed by atoms with Crippen molar-refractivity contribution in [3.8, 4) is 0 Å². The lowest BCUT2D eigenvalue weighted by Gasteiger charge is -2.16. The van der Waals surface area contributed by atoms with E-state index in [1.165, 1.54) is 0 Å². The molecule has 1 rings (SSSR count). The van der Waals surface area contributed by atoms with Crippen LogP contribution in [0.5, 0.6) is 0 Å². The highest BCUT2D eigenvalue weighted by molar-refractivity contribution is 5.80. The van der Waals surface area contributed by atoms with Crippen molar-refractivity contribution in [3.05, 3.63) is 0 Å². The zero-order chi connectivity index (χ0) is 10.0. The molecule has 1 aliphatic rings. The summed E-state index contributed by atoms with van der Waals surface area (Å²) in [5.74, 6) is -1.09. The molecule has 0 aliphatic carbocycles. The van der Waals surface area contributed by atoms with E-state index in [-0.39, 0.29) is 17.7 Å². The summed E-state index contributed by atoms with van der Waals surface area (Å²) in [6.07, 6.45) is 0.989. The Morgan fingerprint density at radius 1 is 1.77 bits per heavy atom. The van der Waals surface area contributed by atoms with Crippen LogP contribution in [0.15, 0.2) is 0 Å². The lowest BCUT2D eigenvalue weighted by molar-refractivity contribution is -0.143. The highest BCUT2D eigenvalue weighted by Crippen LogP contribution is 2.26. The number of carboxylic acid groups (broad SMARTS) is 1. The van der Waals surface area contributed by atoms with Crippen LogP contribution in [0.1, 0.15) is 19.8 Å². The fourth-order valence-electron chi connectivity index (χ4n) is 1.88. The van der Waals surface area contributed by atoms with Gasteiger partial charge in [-0.15, -0.1) is 0 Å². The number of carbonyl (C=O) groups excluding carboxylic acids is 1. The first-order chi connectivity index (χ1) is 6.06. The van der Waals surface area contributed by atoms with Crippen LogP contribution in [-0.4, -0.2) is 35.5 Å². The first-order valence-electron chi connectivity index (χ1n) is 4.53. The van der Waals surface area contributed by atoms with Crippen molar-refractivity contribution < 1.29 is 14.7 Å². The Morgan fingerprint density at radius 3 is 2.69 bits per heavy atom. The second-order valence-electron chi connectivity index (χ2n) is 3.59. The minimum atomic E-state index is -0.782. The predicted molar refractivity (Wildman–Crippen MR) is 47.2 cm³/mol. The van der Waals surface area contributed by atoms with Gasteiger partial charge in [0.25, 0.3) is 0 Å². The third-order valence-electron chi connectivity index (χ3n) is 2.70. The Hall–Kier alpha value is -1.06. The van der Waals surface area contributed by atoms with E-state index >= 15 is 0 Å². The van der Waals surface area contributed by atoms with E-state index < -0.39 is 5.97 Å². The molecule has 0 aromatic rings. The SMILES string of the molecule is CCC(C(=O)O)C1CC(=O)N(C)C1. The Morgan fingerprint density at radius 2 is 2.38 bits per heavy atom. The van der Waals surface area contributed by atoms with Crippen LogP contribution >= 0.6 is 0 Å². The van der Waals surface area contributed by atoms with Crippen molar-refractivity contribution in [2.24, 2.45) is 11.8 Å². The quantitative estimate of drug-likeness (QED) is 0.699. The molecule has 4 nitrogen and oxygen atoms in total.